The highest BCUT2D eigenvalue weighted by molar-refractivity contribution is 5.97. The third kappa shape index (κ3) is 6.42. The van der Waals surface area contributed by atoms with E-state index in [2.05, 4.69) is 44.7 Å². The summed E-state index contributed by atoms with van der Waals surface area (Å²) < 4.78 is 0. The number of aryl methyl sites for hydroxylation is 1. The Bertz CT molecular complexity index is 987. The van der Waals surface area contributed by atoms with Gasteiger partial charge in [0.2, 0.25) is 17.7 Å². The third-order valence-electron chi connectivity index (χ3n) is 6.44. The van der Waals surface area contributed by atoms with E-state index < -0.39 is 6.04 Å². The van der Waals surface area contributed by atoms with Crippen molar-refractivity contribution in [3.8, 4) is 0 Å². The number of hydrogen-bond donors (Lipinski definition) is 2. The highest BCUT2D eigenvalue weighted by Gasteiger charge is 2.35. The molecule has 4 rings (SSSR count). The second-order valence-corrected chi connectivity index (χ2v) is 9.05. The van der Waals surface area contributed by atoms with Gasteiger partial charge in [-0.1, -0.05) is 48.0 Å². The Balaban J connectivity index is 1.29. The van der Waals surface area contributed by atoms with E-state index in [0.29, 0.717) is 18.8 Å². The Morgan fingerprint density at radius 2 is 1.62 bits per heavy atom. The number of amides is 3. The summed E-state index contributed by atoms with van der Waals surface area (Å²) in [6.45, 7) is 7.37. The lowest BCUT2D eigenvalue weighted by Gasteiger charge is -2.38. The molecular weight excluding hydrogens is 430 g/mol. The van der Waals surface area contributed by atoms with Gasteiger partial charge in [-0.25, -0.2) is 0 Å². The van der Waals surface area contributed by atoms with Crippen molar-refractivity contribution in [1.29, 1.82) is 0 Å². The number of nitrogens with one attached hydrogen (secondary N) is 2. The summed E-state index contributed by atoms with van der Waals surface area (Å²) >= 11 is 0. The van der Waals surface area contributed by atoms with Gasteiger partial charge in [-0.15, -0.1) is 0 Å². The van der Waals surface area contributed by atoms with Crippen LogP contribution in [0.1, 0.15) is 17.5 Å². The van der Waals surface area contributed by atoms with Crippen molar-refractivity contribution >= 4 is 23.4 Å². The van der Waals surface area contributed by atoms with E-state index in [9.17, 15) is 14.4 Å². The Kier molecular flexibility index (Phi) is 7.92. The summed E-state index contributed by atoms with van der Waals surface area (Å²) in [5.41, 5.74) is 3.07. The van der Waals surface area contributed by atoms with Crippen LogP contribution in [0.2, 0.25) is 0 Å². The van der Waals surface area contributed by atoms with E-state index in [-0.39, 0.29) is 30.7 Å². The normalized spacial score (nSPS) is 19.5. The largest absolute Gasteiger partial charge is 0.353 e. The molecule has 8 nitrogen and oxygen atoms in total. The van der Waals surface area contributed by atoms with Gasteiger partial charge in [0.15, 0.2) is 0 Å². The molecule has 0 unspecified atom stereocenters. The molecule has 0 aliphatic carbocycles. The van der Waals surface area contributed by atoms with E-state index in [0.717, 1.165) is 38.3 Å². The number of anilines is 1. The van der Waals surface area contributed by atoms with Crippen LogP contribution in [0.3, 0.4) is 0 Å². The molecular formula is C26H33N5O3. The molecule has 0 radical (unpaired) electrons. The summed E-state index contributed by atoms with van der Waals surface area (Å²) in [5.74, 6) is -0.649. The van der Waals surface area contributed by atoms with Crippen molar-refractivity contribution in [3.05, 3.63) is 65.7 Å². The minimum absolute atomic E-state index is 0.0592. The smallest absolute Gasteiger partial charge is 0.243 e. The molecule has 180 valence electrons. The van der Waals surface area contributed by atoms with Crippen LogP contribution in [-0.4, -0.2) is 84.3 Å². The average molecular weight is 464 g/mol. The maximum absolute atomic E-state index is 13.1. The summed E-state index contributed by atoms with van der Waals surface area (Å²) in [5, 5.41) is 5.62. The minimum atomic E-state index is -0.786. The van der Waals surface area contributed by atoms with E-state index in [1.165, 1.54) is 5.56 Å². The SMILES string of the molecule is Cc1ccc(NC(=O)C[C@@H]2C(=O)NCCN2C(=O)CN2CCN(Cc3ccccc3)CC2)cc1. The van der Waals surface area contributed by atoms with Crippen molar-refractivity contribution in [3.63, 3.8) is 0 Å². The summed E-state index contributed by atoms with van der Waals surface area (Å²) in [6, 6.07) is 17.1. The number of nitrogens with zero attached hydrogens (tertiary/aromatic N) is 3. The first-order chi connectivity index (χ1) is 16.5. The molecule has 2 aliphatic heterocycles. The second-order valence-electron chi connectivity index (χ2n) is 9.05. The Hall–Kier alpha value is -3.23. The molecule has 3 amide bonds. The fourth-order valence-corrected chi connectivity index (χ4v) is 4.47. The van der Waals surface area contributed by atoms with Crippen LogP contribution in [0.25, 0.3) is 0 Å². The van der Waals surface area contributed by atoms with Gasteiger partial charge in [-0.05, 0) is 24.6 Å². The molecule has 0 saturated carbocycles. The molecule has 0 bridgehead atoms. The molecule has 2 aliphatic rings. The van der Waals surface area contributed by atoms with Gasteiger partial charge in [0.1, 0.15) is 6.04 Å². The lowest BCUT2D eigenvalue weighted by atomic mass is 10.1. The Labute approximate surface area is 200 Å². The van der Waals surface area contributed by atoms with E-state index in [1.807, 2.05) is 37.3 Å². The molecule has 2 aromatic rings. The first kappa shape index (κ1) is 23.9. The zero-order chi connectivity index (χ0) is 23.9. The lowest BCUT2D eigenvalue weighted by molar-refractivity contribution is -0.145. The standard InChI is InChI=1S/C26H33N5O3/c1-20-7-9-22(10-8-20)28-24(32)17-23-26(34)27-11-12-31(23)25(33)19-30-15-13-29(14-16-30)18-21-5-3-2-4-6-21/h2-10,23H,11-19H2,1H3,(H,27,34)(H,28,32)/t23-/m1/s1. The van der Waals surface area contributed by atoms with Gasteiger partial charge >= 0.3 is 0 Å². The van der Waals surface area contributed by atoms with Gasteiger partial charge in [0.25, 0.3) is 0 Å². The molecule has 2 fully saturated rings. The van der Waals surface area contributed by atoms with Gasteiger partial charge in [-0.2, -0.15) is 0 Å². The monoisotopic (exact) mass is 463 g/mol. The molecule has 0 aromatic heterocycles. The first-order valence-electron chi connectivity index (χ1n) is 11.9. The summed E-state index contributed by atoms with van der Waals surface area (Å²) in [6.07, 6.45) is -0.0592. The summed E-state index contributed by atoms with van der Waals surface area (Å²) in [4.78, 5) is 44.4. The van der Waals surface area contributed by atoms with Gasteiger partial charge in [-0.3, -0.25) is 24.2 Å². The van der Waals surface area contributed by atoms with Crippen LogP contribution in [0.5, 0.6) is 0 Å². The van der Waals surface area contributed by atoms with Crippen LogP contribution in [0.15, 0.2) is 54.6 Å². The van der Waals surface area contributed by atoms with Crippen molar-refractivity contribution < 1.29 is 14.4 Å². The molecule has 2 saturated heterocycles. The van der Waals surface area contributed by atoms with Gasteiger partial charge in [0.05, 0.1) is 13.0 Å². The van der Waals surface area contributed by atoms with Crippen LogP contribution in [-0.2, 0) is 20.9 Å². The number of carbonyl (C=O) groups is 3. The Morgan fingerprint density at radius 3 is 2.32 bits per heavy atom. The molecule has 2 N–H and O–H groups in total. The number of benzene rings is 2. The number of piperazine rings is 2. The number of rotatable bonds is 7. The van der Waals surface area contributed by atoms with E-state index >= 15 is 0 Å². The van der Waals surface area contributed by atoms with Crippen LogP contribution in [0.4, 0.5) is 5.69 Å². The van der Waals surface area contributed by atoms with Crippen molar-refractivity contribution in [2.24, 2.45) is 0 Å². The van der Waals surface area contributed by atoms with E-state index in [4.69, 9.17) is 0 Å². The molecule has 2 aromatic carbocycles. The lowest BCUT2D eigenvalue weighted by Crippen LogP contribution is -2.60. The van der Waals surface area contributed by atoms with Crippen molar-refractivity contribution in [2.75, 3.05) is 51.1 Å². The maximum atomic E-state index is 13.1. The summed E-state index contributed by atoms with van der Waals surface area (Å²) in [7, 11) is 0. The zero-order valence-corrected chi connectivity index (χ0v) is 19.7. The van der Waals surface area contributed by atoms with Crippen LogP contribution in [0, 0.1) is 6.92 Å². The molecule has 0 spiro atoms. The number of carbonyl (C=O) groups excluding carboxylic acids is 3. The predicted molar refractivity (Wildman–Crippen MR) is 131 cm³/mol. The molecule has 8 heteroatoms. The fourth-order valence-electron chi connectivity index (χ4n) is 4.47. The zero-order valence-electron chi connectivity index (χ0n) is 19.7. The molecule has 34 heavy (non-hydrogen) atoms. The minimum Gasteiger partial charge on any atom is -0.353 e. The number of hydrogen-bond acceptors (Lipinski definition) is 5. The van der Waals surface area contributed by atoms with Gasteiger partial charge < -0.3 is 15.5 Å². The van der Waals surface area contributed by atoms with Crippen LogP contribution < -0.4 is 10.6 Å². The van der Waals surface area contributed by atoms with Crippen LogP contribution >= 0.6 is 0 Å². The highest BCUT2D eigenvalue weighted by Crippen LogP contribution is 2.15. The fraction of sp³-hybridized carbons (Fsp3) is 0.423. The first-order valence-corrected chi connectivity index (χ1v) is 11.9. The van der Waals surface area contributed by atoms with Gasteiger partial charge in [0, 0.05) is 51.5 Å². The van der Waals surface area contributed by atoms with E-state index in [1.54, 1.807) is 4.90 Å². The van der Waals surface area contributed by atoms with Crippen molar-refractivity contribution in [1.82, 2.24) is 20.0 Å². The average Bonchev–Trinajstić information content (AvgIpc) is 2.84. The predicted octanol–water partition coefficient (Wildman–Crippen LogP) is 1.47. The quantitative estimate of drug-likeness (QED) is 0.650. The third-order valence-corrected chi connectivity index (χ3v) is 6.44. The molecule has 1 atom stereocenters. The second kappa shape index (κ2) is 11.3. The van der Waals surface area contributed by atoms with Crippen molar-refractivity contribution in [2.45, 2.75) is 25.9 Å². The highest BCUT2D eigenvalue weighted by atomic mass is 16.2. The maximum Gasteiger partial charge on any atom is 0.243 e. The Morgan fingerprint density at radius 1 is 0.941 bits per heavy atom. The topological polar surface area (TPSA) is 85.0 Å². The molecule has 2 heterocycles.